The first-order valence-electron chi connectivity index (χ1n) is 8.60. The van der Waals surface area contributed by atoms with Crippen LogP contribution in [0.4, 0.5) is 4.79 Å². The van der Waals surface area contributed by atoms with Crippen molar-refractivity contribution in [2.75, 3.05) is 20.1 Å². The topological polar surface area (TPSA) is 91.6 Å². The first kappa shape index (κ1) is 16.7. The van der Waals surface area contributed by atoms with Crippen molar-refractivity contribution < 1.29 is 14.0 Å². The zero-order valence-electron chi connectivity index (χ0n) is 14.3. The fourth-order valence-corrected chi connectivity index (χ4v) is 3.56. The van der Waals surface area contributed by atoms with Gasteiger partial charge < -0.3 is 19.5 Å². The third kappa shape index (κ3) is 3.85. The van der Waals surface area contributed by atoms with E-state index in [-0.39, 0.29) is 24.4 Å². The number of carbonyl (C=O) groups excluding carboxylic acids is 2. The van der Waals surface area contributed by atoms with Gasteiger partial charge in [0, 0.05) is 45.4 Å². The molecule has 1 aliphatic carbocycles. The quantitative estimate of drug-likeness (QED) is 0.876. The van der Waals surface area contributed by atoms with E-state index in [0.717, 1.165) is 19.4 Å². The van der Waals surface area contributed by atoms with Gasteiger partial charge in [0.05, 0.1) is 0 Å². The maximum Gasteiger partial charge on any atom is 0.317 e. The molecule has 1 N–H and O–H groups in total. The molecule has 0 aromatic carbocycles. The molecule has 3 rings (SSSR count). The number of hydrogen-bond acceptors (Lipinski definition) is 5. The van der Waals surface area contributed by atoms with Crippen LogP contribution in [0, 0.1) is 12.8 Å². The van der Waals surface area contributed by atoms with Crippen molar-refractivity contribution in [2.24, 2.45) is 5.92 Å². The molecule has 24 heavy (non-hydrogen) atoms. The lowest BCUT2D eigenvalue weighted by Gasteiger charge is -2.24. The third-order valence-electron chi connectivity index (χ3n) is 4.83. The Hall–Kier alpha value is -2.12. The maximum atomic E-state index is 12.2. The van der Waals surface area contributed by atoms with Crippen molar-refractivity contribution in [3.8, 4) is 0 Å². The first-order chi connectivity index (χ1) is 11.5. The number of rotatable bonds is 5. The molecule has 1 atom stereocenters. The lowest BCUT2D eigenvalue weighted by molar-refractivity contribution is -0.129. The van der Waals surface area contributed by atoms with Gasteiger partial charge in [-0.25, -0.2) is 4.79 Å². The minimum absolute atomic E-state index is 0.195. The summed E-state index contributed by atoms with van der Waals surface area (Å²) in [5, 5.41) is 10.5. The highest BCUT2D eigenvalue weighted by atomic mass is 16.4. The van der Waals surface area contributed by atoms with Crippen LogP contribution in [0.5, 0.6) is 0 Å². The Morgan fingerprint density at radius 1 is 1.38 bits per heavy atom. The molecule has 8 heteroatoms. The van der Waals surface area contributed by atoms with Crippen LogP contribution in [-0.2, 0) is 11.3 Å². The fourth-order valence-electron chi connectivity index (χ4n) is 3.56. The summed E-state index contributed by atoms with van der Waals surface area (Å²) < 4.78 is 5.27. The van der Waals surface area contributed by atoms with Crippen LogP contribution < -0.4 is 5.32 Å². The van der Waals surface area contributed by atoms with E-state index in [0.29, 0.717) is 30.8 Å². The normalized spacial score (nSPS) is 21.5. The van der Waals surface area contributed by atoms with Crippen LogP contribution in [0.3, 0.4) is 0 Å². The average molecular weight is 335 g/mol. The minimum atomic E-state index is -0.197. The van der Waals surface area contributed by atoms with Crippen molar-refractivity contribution in [3.05, 3.63) is 11.8 Å². The van der Waals surface area contributed by atoms with Gasteiger partial charge in [-0.05, 0) is 12.8 Å². The molecule has 8 nitrogen and oxygen atoms in total. The molecule has 2 heterocycles. The standard InChI is InChI=1S/C16H25N5O3/c1-11-18-19-14(24-11)10-20(2)16(23)17-8-12-7-15(22)21(9-12)13-5-3-4-6-13/h12-13H,3-10H2,1-2H3,(H,17,23). The summed E-state index contributed by atoms with van der Waals surface area (Å²) in [6.07, 6.45) is 5.21. The summed E-state index contributed by atoms with van der Waals surface area (Å²) in [5.74, 6) is 1.32. The molecule has 0 spiro atoms. The first-order valence-corrected chi connectivity index (χ1v) is 8.60. The average Bonchev–Trinajstić information content (AvgIpc) is 3.26. The number of aryl methyl sites for hydroxylation is 1. The molecule has 1 aliphatic heterocycles. The van der Waals surface area contributed by atoms with Gasteiger partial charge in [-0.2, -0.15) is 0 Å². The van der Waals surface area contributed by atoms with E-state index < -0.39 is 0 Å². The summed E-state index contributed by atoms with van der Waals surface area (Å²) in [4.78, 5) is 27.8. The van der Waals surface area contributed by atoms with E-state index >= 15 is 0 Å². The van der Waals surface area contributed by atoms with Crippen molar-refractivity contribution in [1.82, 2.24) is 25.3 Å². The van der Waals surface area contributed by atoms with Gasteiger partial charge >= 0.3 is 6.03 Å². The summed E-state index contributed by atoms with van der Waals surface area (Å²) in [5.41, 5.74) is 0. The largest absolute Gasteiger partial charge is 0.424 e. The summed E-state index contributed by atoms with van der Waals surface area (Å²) in [7, 11) is 1.68. The molecule has 1 aromatic rings. The monoisotopic (exact) mass is 335 g/mol. The predicted octanol–water partition coefficient (Wildman–Crippen LogP) is 1.31. The van der Waals surface area contributed by atoms with E-state index in [1.54, 1.807) is 14.0 Å². The summed E-state index contributed by atoms with van der Waals surface area (Å²) in [6.45, 7) is 3.26. The molecule has 0 radical (unpaired) electrons. The van der Waals surface area contributed by atoms with E-state index in [1.807, 2.05) is 4.90 Å². The maximum absolute atomic E-state index is 12.2. The molecular formula is C16H25N5O3. The molecule has 132 valence electrons. The third-order valence-corrected chi connectivity index (χ3v) is 4.83. The number of hydrogen-bond donors (Lipinski definition) is 1. The molecule has 2 aliphatic rings. The van der Waals surface area contributed by atoms with Gasteiger partial charge in [0.1, 0.15) is 6.54 Å². The molecule has 1 saturated carbocycles. The van der Waals surface area contributed by atoms with Crippen molar-refractivity contribution in [3.63, 3.8) is 0 Å². The van der Waals surface area contributed by atoms with Crippen molar-refractivity contribution >= 4 is 11.9 Å². The van der Waals surface area contributed by atoms with E-state index in [2.05, 4.69) is 15.5 Å². The highest BCUT2D eigenvalue weighted by Gasteiger charge is 2.35. The lowest BCUT2D eigenvalue weighted by atomic mass is 10.1. The van der Waals surface area contributed by atoms with E-state index in [1.165, 1.54) is 17.7 Å². The van der Waals surface area contributed by atoms with Crippen LogP contribution >= 0.6 is 0 Å². The molecule has 3 amide bonds. The minimum Gasteiger partial charge on any atom is -0.424 e. The molecule has 2 fully saturated rings. The zero-order valence-corrected chi connectivity index (χ0v) is 14.3. The number of nitrogens with one attached hydrogen (secondary N) is 1. The Morgan fingerprint density at radius 3 is 2.79 bits per heavy atom. The van der Waals surface area contributed by atoms with E-state index in [4.69, 9.17) is 4.42 Å². The van der Waals surface area contributed by atoms with Gasteiger partial charge in [0.15, 0.2) is 0 Å². The molecular weight excluding hydrogens is 310 g/mol. The number of urea groups is 1. The number of nitrogens with zero attached hydrogens (tertiary/aromatic N) is 4. The summed E-state index contributed by atoms with van der Waals surface area (Å²) >= 11 is 0. The number of aromatic nitrogens is 2. The Labute approximate surface area is 141 Å². The van der Waals surface area contributed by atoms with Crippen LogP contribution in [0.15, 0.2) is 4.42 Å². The second-order valence-corrected chi connectivity index (χ2v) is 6.81. The zero-order chi connectivity index (χ0) is 17.1. The van der Waals surface area contributed by atoms with Crippen molar-refractivity contribution in [2.45, 2.75) is 51.6 Å². The Balaban J connectivity index is 1.43. The van der Waals surface area contributed by atoms with Crippen molar-refractivity contribution in [1.29, 1.82) is 0 Å². The smallest absolute Gasteiger partial charge is 0.317 e. The van der Waals surface area contributed by atoms with Gasteiger partial charge in [-0.3, -0.25) is 4.79 Å². The molecule has 1 aromatic heterocycles. The lowest BCUT2D eigenvalue weighted by Crippen LogP contribution is -2.40. The second-order valence-electron chi connectivity index (χ2n) is 6.81. The highest BCUT2D eigenvalue weighted by molar-refractivity contribution is 5.79. The van der Waals surface area contributed by atoms with Gasteiger partial charge in [0.2, 0.25) is 17.7 Å². The fraction of sp³-hybridized carbons (Fsp3) is 0.750. The summed E-state index contributed by atoms with van der Waals surface area (Å²) in [6, 6.07) is 0.222. The highest BCUT2D eigenvalue weighted by Crippen LogP contribution is 2.29. The molecule has 1 unspecified atom stereocenters. The van der Waals surface area contributed by atoms with Gasteiger partial charge in [-0.15, -0.1) is 10.2 Å². The SMILES string of the molecule is Cc1nnc(CN(C)C(=O)NCC2CC(=O)N(C3CCCC3)C2)o1. The Bertz CT molecular complexity index is 596. The number of amides is 3. The van der Waals surface area contributed by atoms with Crippen LogP contribution in [-0.4, -0.2) is 58.1 Å². The molecule has 0 bridgehead atoms. The molecule has 1 saturated heterocycles. The Kier molecular flexibility index (Phi) is 5.01. The number of likely N-dealkylation sites (tertiary alicyclic amines) is 1. The van der Waals surface area contributed by atoms with Gasteiger partial charge in [-0.1, -0.05) is 12.8 Å². The number of carbonyl (C=O) groups is 2. The second kappa shape index (κ2) is 7.19. The van der Waals surface area contributed by atoms with Crippen LogP contribution in [0.1, 0.15) is 43.9 Å². The van der Waals surface area contributed by atoms with Crippen LogP contribution in [0.25, 0.3) is 0 Å². The van der Waals surface area contributed by atoms with Crippen LogP contribution in [0.2, 0.25) is 0 Å². The predicted molar refractivity (Wildman–Crippen MR) is 86.0 cm³/mol. The Morgan fingerprint density at radius 2 is 2.12 bits per heavy atom. The van der Waals surface area contributed by atoms with Gasteiger partial charge in [0.25, 0.3) is 0 Å². The van der Waals surface area contributed by atoms with E-state index in [9.17, 15) is 9.59 Å².